The Hall–Kier alpha value is -11.8. The van der Waals surface area contributed by atoms with Crippen LogP contribution in [0.15, 0.2) is 129 Å². The zero-order valence-electron chi connectivity index (χ0n) is 55.9. The highest BCUT2D eigenvalue weighted by Gasteiger charge is 2.35. The highest BCUT2D eigenvalue weighted by molar-refractivity contribution is 6.28. The van der Waals surface area contributed by atoms with E-state index in [0.717, 1.165) is 67.0 Å². The van der Waals surface area contributed by atoms with Crippen molar-refractivity contribution in [1.82, 2.24) is 84.0 Å². The minimum atomic E-state index is -0.904. The molecule has 10 aromatic rings. The largest absolute Gasteiger partial charge is 0.480 e. The summed E-state index contributed by atoms with van der Waals surface area (Å²) in [7, 11) is 7.30. The van der Waals surface area contributed by atoms with Crippen molar-refractivity contribution in [3.05, 3.63) is 151 Å². The van der Waals surface area contributed by atoms with Gasteiger partial charge in [-0.05, 0) is 98.2 Å². The van der Waals surface area contributed by atoms with E-state index in [4.69, 9.17) is 25.8 Å². The van der Waals surface area contributed by atoms with Crippen molar-refractivity contribution in [3.8, 4) is 45.9 Å². The first-order valence-electron chi connectivity index (χ1n) is 31.8. The van der Waals surface area contributed by atoms with E-state index >= 15 is 0 Å². The Bertz CT molecular complexity index is 4360. The van der Waals surface area contributed by atoms with Crippen LogP contribution in [0, 0.1) is 22.7 Å². The summed E-state index contributed by atoms with van der Waals surface area (Å²) in [5.74, 6) is 1.37. The Labute approximate surface area is 562 Å². The number of aliphatic carboxylic acids is 1. The smallest absolute Gasteiger partial charge is 0.326 e. The molecule has 3 fully saturated rings. The molecular formula is C65H75ClN26O4. The molecule has 496 valence electrons. The fraction of sp³-hybridized carbons (Fsp3) is 0.323. The van der Waals surface area contributed by atoms with Gasteiger partial charge in [-0.2, -0.15) is 30.9 Å². The van der Waals surface area contributed by atoms with Crippen LogP contribution in [0.3, 0.4) is 0 Å². The predicted molar refractivity (Wildman–Crippen MR) is 363 cm³/mol. The van der Waals surface area contributed by atoms with Gasteiger partial charge in [0.2, 0.25) is 23.1 Å². The van der Waals surface area contributed by atoms with Crippen LogP contribution < -0.4 is 36.8 Å². The molecule has 13 rings (SSSR count). The third kappa shape index (κ3) is 18.3. The third-order valence-corrected chi connectivity index (χ3v) is 15.1. The summed E-state index contributed by atoms with van der Waals surface area (Å²) < 4.78 is 19.1. The minimum Gasteiger partial charge on any atom is -0.480 e. The summed E-state index contributed by atoms with van der Waals surface area (Å²) in [5.41, 5.74) is 18.7. The van der Waals surface area contributed by atoms with Crippen LogP contribution in [-0.4, -0.2) is 145 Å². The fourth-order valence-electron chi connectivity index (χ4n) is 10.7. The maximum absolute atomic E-state index is 13.1. The number of carboxylic acids is 1. The molecule has 3 atom stereocenters. The van der Waals surface area contributed by atoms with Crippen LogP contribution >= 0.6 is 11.6 Å². The number of rotatable bonds is 15. The van der Waals surface area contributed by atoms with E-state index in [0.29, 0.717) is 108 Å². The zero-order chi connectivity index (χ0) is 70.3. The first-order valence-corrected chi connectivity index (χ1v) is 30.8. The highest BCUT2D eigenvalue weighted by atomic mass is 35.5. The van der Waals surface area contributed by atoms with Gasteiger partial charge in [0.15, 0.2) is 5.78 Å². The number of Topliss-reactive ketones (excluding diaryl/α,β-unsaturated/α-hetero) is 1. The molecule has 0 unspecified atom stereocenters. The highest BCUT2D eigenvalue weighted by Crippen LogP contribution is 2.33. The molecule has 3 aliphatic rings. The molecule has 3 saturated heterocycles. The number of carbonyl (C=O) groups is 3. The van der Waals surface area contributed by atoms with Gasteiger partial charge in [-0.25, -0.2) is 49.7 Å². The Kier molecular flexibility index (Phi) is 23.5. The second-order valence-electron chi connectivity index (χ2n) is 21.5. The summed E-state index contributed by atoms with van der Waals surface area (Å²) in [5, 5.41) is 51.5. The molecule has 13 heterocycles. The number of carbonyl (C=O) groups excluding carboxylic acids is 2. The number of hydrogen-bond donors (Lipinski definition) is 5. The van der Waals surface area contributed by atoms with E-state index < -0.39 is 12.0 Å². The molecule has 0 aromatic carbocycles. The maximum Gasteiger partial charge on any atom is 0.326 e. The van der Waals surface area contributed by atoms with Crippen LogP contribution in [0.2, 0.25) is 5.28 Å². The third-order valence-electron chi connectivity index (χ3n) is 14.9. The number of nitriles is 2. The first kappa shape index (κ1) is 67.1. The molecule has 0 aliphatic carbocycles. The van der Waals surface area contributed by atoms with Crippen LogP contribution in [0.4, 0.5) is 46.4 Å². The molecule has 0 spiro atoms. The summed E-state index contributed by atoms with van der Waals surface area (Å²) >= 11 is 5.78. The Morgan fingerprint density at radius 1 is 0.594 bits per heavy atom. The SMILES string of the molecule is Cn1cc(CC(=O)[C@H]2CCCN2c2ncc(-c3ccnc(Nc4cnn(C)c4)n3)cc2C#N)cn1.Cn1cc(N)cn1.Cn1cc(Nc2nccc(-c3cnc(N4CCC[C@@H]4C(=O)O)c(C#N)c3)n2)cn1.NC(=O)[C@H]1CCCN1c1ccc(-c2ccnc(Cl)n2)cn1.[2H]CC.[2H]CC. The van der Waals surface area contributed by atoms with Gasteiger partial charge in [0.25, 0.3) is 0 Å². The van der Waals surface area contributed by atoms with Gasteiger partial charge in [-0.3, -0.25) is 28.3 Å². The Morgan fingerprint density at radius 3 is 1.50 bits per heavy atom. The van der Waals surface area contributed by atoms with Gasteiger partial charge in [0.1, 0.15) is 41.7 Å². The standard InChI is InChI=1S/C24H24N10O.C19H18N8O2.C14H14ClN5O.C4H7N3.2C2H6/c1-32-14-16(11-28-32)8-22(35)21-4-3-7-34(21)23-17(10-25)9-18(12-27-23)20-5-6-26-24(31-20)30-19-13-29-33(2)15-19;1-26-11-14(10-23-26)24-19-21-5-4-15(25-19)13-7-12(8-20)17(22-9-13)27-6-2-3-16(27)18(28)29;15-14-17-6-5-10(19-14)9-3-4-12(18-8-9)20-7-1-2-11(20)13(16)21;1-7-3-4(5)2-6-7;2*1-2/h5-6,9,11-15,21H,3-4,7-8H2,1-2H3,(H,26,30,31);4-5,7,9-11,16H,2-3,6H2,1H3,(H,28,29)(H,21,24,25);3-6,8,11H,1-2,7H2,(H2,16,21);2-3H,5H2,1H3;2*1-2H3/t21-;16-;11-;;;/m111.../s1/i;;;;2*1D. The fourth-order valence-corrected chi connectivity index (χ4v) is 10.8. The van der Waals surface area contributed by atoms with Crippen molar-refractivity contribution < 1.29 is 22.2 Å². The number of anilines is 8. The second kappa shape index (κ2) is 33.7. The lowest BCUT2D eigenvalue weighted by Gasteiger charge is -2.25. The summed E-state index contributed by atoms with van der Waals surface area (Å²) in [6.07, 6.45) is 28.7. The number of ketones is 1. The number of pyridine rings is 3. The molecule has 0 saturated carbocycles. The number of aromatic nitrogens is 17. The summed E-state index contributed by atoms with van der Waals surface area (Å²) in [4.78, 5) is 80.5. The molecule has 31 heteroatoms. The molecule has 30 nitrogen and oxygen atoms in total. The van der Waals surface area contributed by atoms with Crippen molar-refractivity contribution in [2.24, 2.45) is 33.9 Å². The van der Waals surface area contributed by atoms with Gasteiger partial charge < -0.3 is 41.9 Å². The van der Waals surface area contributed by atoms with Crippen LogP contribution in [0.1, 0.15) is 85.6 Å². The number of nitrogen functional groups attached to an aromatic ring is 1. The average Bonchev–Trinajstić information content (AvgIpc) is 1.51. The second-order valence-corrected chi connectivity index (χ2v) is 21.9. The first-order chi connectivity index (χ1) is 47.3. The van der Waals surface area contributed by atoms with Crippen molar-refractivity contribution in [2.75, 3.05) is 50.7 Å². The summed E-state index contributed by atoms with van der Waals surface area (Å²) in [6.45, 7) is 6.61. The monoisotopic (exact) mass is 1320 g/mol. The zero-order valence-corrected chi connectivity index (χ0v) is 54.6. The lowest BCUT2D eigenvalue weighted by molar-refractivity contribution is -0.138. The van der Waals surface area contributed by atoms with E-state index in [1.165, 1.54) is 0 Å². The molecule has 0 bridgehead atoms. The number of nitrogens with zero attached hydrogens (tertiary/aromatic N) is 22. The quantitative estimate of drug-likeness (QED) is 0.0606. The lowest BCUT2D eigenvalue weighted by Crippen LogP contribution is -2.40. The van der Waals surface area contributed by atoms with Crippen molar-refractivity contribution in [1.29, 1.82) is 10.5 Å². The van der Waals surface area contributed by atoms with Crippen LogP contribution in [0.25, 0.3) is 33.8 Å². The lowest BCUT2D eigenvalue weighted by atomic mass is 10.0. The number of aryl methyl sites for hydroxylation is 4. The van der Waals surface area contributed by atoms with Gasteiger partial charge in [-0.1, -0.05) is 27.6 Å². The number of hydrogen-bond acceptors (Lipinski definition) is 24. The number of carboxylic acid groups (broad SMARTS) is 1. The number of primary amides is 1. The van der Waals surface area contributed by atoms with E-state index in [1.54, 1.807) is 142 Å². The molecule has 10 aromatic heterocycles. The van der Waals surface area contributed by atoms with E-state index in [2.05, 4.69) is 88.0 Å². The number of nitrogens with two attached hydrogens (primary N) is 2. The summed E-state index contributed by atoms with van der Waals surface area (Å²) in [6, 6.07) is 15.6. The van der Waals surface area contributed by atoms with Crippen molar-refractivity contribution >= 4 is 75.7 Å². The number of amides is 1. The predicted octanol–water partition coefficient (Wildman–Crippen LogP) is 8.04. The van der Waals surface area contributed by atoms with E-state index in [1.807, 2.05) is 62.5 Å². The maximum atomic E-state index is 13.1. The van der Waals surface area contributed by atoms with E-state index in [9.17, 15) is 30.0 Å². The van der Waals surface area contributed by atoms with E-state index in [-0.39, 0.29) is 29.1 Å². The van der Waals surface area contributed by atoms with Gasteiger partial charge in [0, 0.05) is 136 Å². The van der Waals surface area contributed by atoms with Crippen molar-refractivity contribution in [3.63, 3.8) is 0 Å². The van der Waals surface area contributed by atoms with Crippen LogP contribution in [0.5, 0.6) is 0 Å². The van der Waals surface area contributed by atoms with Crippen LogP contribution in [-0.2, 0) is 49.0 Å². The normalized spacial score (nSPS) is 15.3. The molecule has 3 aliphatic heterocycles. The average molecular weight is 1320 g/mol. The molecular weight excluding hydrogens is 1240 g/mol. The van der Waals surface area contributed by atoms with Gasteiger partial charge in [0.05, 0.1) is 76.1 Å². The number of nitrogens with one attached hydrogen (secondary N) is 2. The molecule has 0 radical (unpaired) electrons. The Morgan fingerprint density at radius 2 is 1.06 bits per heavy atom. The minimum absolute atomic E-state index is 0.104. The van der Waals surface area contributed by atoms with Gasteiger partial charge >= 0.3 is 5.97 Å². The van der Waals surface area contributed by atoms with Crippen molar-refractivity contribution in [2.45, 2.75) is 90.7 Å². The molecule has 96 heavy (non-hydrogen) atoms. The molecule has 7 N–H and O–H groups in total. The number of halogens is 1. The van der Waals surface area contributed by atoms with Gasteiger partial charge in [-0.15, -0.1) is 0 Å². The molecule has 1 amide bonds. The Balaban J connectivity index is 0.000000175. The topological polar surface area (TPSA) is 392 Å².